The number of ether oxygens (including phenoxy) is 1. The first-order valence-electron chi connectivity index (χ1n) is 2.61. The number of rotatable bonds is 3. The lowest BCUT2D eigenvalue weighted by Crippen LogP contribution is -2.36. The van der Waals surface area contributed by atoms with Crippen molar-refractivity contribution in [3.05, 3.63) is 0 Å². The van der Waals surface area contributed by atoms with Gasteiger partial charge < -0.3 is 15.6 Å². The van der Waals surface area contributed by atoms with E-state index in [0.29, 0.717) is 6.61 Å². The maximum atomic E-state index is 8.75. The van der Waals surface area contributed by atoms with E-state index in [1.54, 1.807) is 14.0 Å². The van der Waals surface area contributed by atoms with Gasteiger partial charge in [-0.2, -0.15) is 0 Å². The Hall–Kier alpha value is -0.120. The lowest BCUT2D eigenvalue weighted by molar-refractivity contribution is 0.0984. The van der Waals surface area contributed by atoms with Crippen molar-refractivity contribution < 1.29 is 9.84 Å². The van der Waals surface area contributed by atoms with Crippen LogP contribution in [0.4, 0.5) is 0 Å². The van der Waals surface area contributed by atoms with Crippen molar-refractivity contribution >= 4 is 0 Å². The molecule has 3 N–H and O–H groups in total. The lowest BCUT2D eigenvalue weighted by Gasteiger charge is -2.11. The Bertz CT molecular complexity index is 56.4. The third-order valence-electron chi connectivity index (χ3n) is 0.979. The van der Waals surface area contributed by atoms with E-state index in [-0.39, 0.29) is 6.04 Å². The predicted molar refractivity (Wildman–Crippen MR) is 31.5 cm³/mol. The van der Waals surface area contributed by atoms with Crippen molar-refractivity contribution in [3.63, 3.8) is 0 Å². The fourth-order valence-electron chi connectivity index (χ4n) is 0.332. The van der Waals surface area contributed by atoms with E-state index in [1.165, 1.54) is 0 Å². The molecule has 0 rings (SSSR count). The van der Waals surface area contributed by atoms with E-state index in [9.17, 15) is 0 Å². The lowest BCUT2D eigenvalue weighted by atomic mass is 10.2. The number of methoxy groups -OCH3 is 1. The fraction of sp³-hybridized carbons (Fsp3) is 1.00. The summed E-state index contributed by atoms with van der Waals surface area (Å²) in [4.78, 5) is 0. The molecule has 0 heterocycles. The van der Waals surface area contributed by atoms with Gasteiger partial charge in [-0.15, -0.1) is 0 Å². The van der Waals surface area contributed by atoms with Crippen LogP contribution >= 0.6 is 0 Å². The van der Waals surface area contributed by atoms with Crippen molar-refractivity contribution in [3.8, 4) is 0 Å². The van der Waals surface area contributed by atoms with Crippen LogP contribution < -0.4 is 5.73 Å². The zero-order valence-electron chi connectivity index (χ0n) is 5.29. The molecule has 0 saturated carbocycles. The minimum atomic E-state index is -0.477. The number of nitrogens with two attached hydrogens (primary N) is 1. The normalized spacial score (nSPS) is 18.0. The van der Waals surface area contributed by atoms with Gasteiger partial charge in [0, 0.05) is 7.11 Å². The summed E-state index contributed by atoms with van der Waals surface area (Å²) >= 11 is 0. The van der Waals surface area contributed by atoms with E-state index < -0.39 is 6.10 Å². The molecule has 0 radical (unpaired) electrons. The van der Waals surface area contributed by atoms with Gasteiger partial charge in [-0.25, -0.2) is 0 Å². The van der Waals surface area contributed by atoms with Gasteiger partial charge in [0.05, 0.1) is 18.8 Å². The van der Waals surface area contributed by atoms with Gasteiger partial charge in [-0.05, 0) is 6.92 Å². The fourth-order valence-corrected chi connectivity index (χ4v) is 0.332. The molecule has 0 bridgehead atoms. The molecule has 50 valence electrons. The van der Waals surface area contributed by atoms with E-state index in [1.807, 2.05) is 0 Å². The van der Waals surface area contributed by atoms with Crippen LogP contribution in [0.5, 0.6) is 0 Å². The minimum Gasteiger partial charge on any atom is -0.392 e. The van der Waals surface area contributed by atoms with Crippen molar-refractivity contribution in [2.45, 2.75) is 19.1 Å². The monoisotopic (exact) mass is 119 g/mol. The predicted octanol–water partition coefficient (Wildman–Crippen LogP) is -0.659. The molecule has 0 aliphatic heterocycles. The summed E-state index contributed by atoms with van der Waals surface area (Å²) < 4.78 is 4.68. The zero-order chi connectivity index (χ0) is 6.57. The summed E-state index contributed by atoms with van der Waals surface area (Å²) in [5.74, 6) is 0. The summed E-state index contributed by atoms with van der Waals surface area (Å²) in [7, 11) is 1.56. The molecule has 0 aliphatic carbocycles. The summed E-state index contributed by atoms with van der Waals surface area (Å²) in [6, 6.07) is -0.250. The Morgan fingerprint density at radius 2 is 2.25 bits per heavy atom. The van der Waals surface area contributed by atoms with Gasteiger partial charge in [-0.1, -0.05) is 0 Å². The van der Waals surface area contributed by atoms with Gasteiger partial charge in [-0.3, -0.25) is 0 Å². The number of aliphatic hydroxyl groups is 1. The second kappa shape index (κ2) is 3.83. The molecule has 0 aliphatic rings. The highest BCUT2D eigenvalue weighted by Crippen LogP contribution is 1.86. The third kappa shape index (κ3) is 2.96. The van der Waals surface area contributed by atoms with Gasteiger partial charge in [0.15, 0.2) is 0 Å². The Morgan fingerprint density at radius 3 is 2.38 bits per heavy atom. The second-order valence-corrected chi connectivity index (χ2v) is 1.86. The average Bonchev–Trinajstić information content (AvgIpc) is 1.67. The molecule has 0 fully saturated rings. The van der Waals surface area contributed by atoms with Crippen LogP contribution in [-0.2, 0) is 4.74 Å². The maximum Gasteiger partial charge on any atom is 0.0685 e. The van der Waals surface area contributed by atoms with Crippen LogP contribution in [0.25, 0.3) is 0 Å². The van der Waals surface area contributed by atoms with E-state index in [0.717, 1.165) is 0 Å². The first kappa shape index (κ1) is 7.88. The quantitative estimate of drug-likeness (QED) is 0.518. The zero-order valence-corrected chi connectivity index (χ0v) is 5.29. The van der Waals surface area contributed by atoms with Crippen molar-refractivity contribution in [1.29, 1.82) is 0 Å². The molecule has 0 spiro atoms. The summed E-state index contributed by atoms with van der Waals surface area (Å²) in [5.41, 5.74) is 5.35. The molecule has 1 unspecified atom stereocenters. The van der Waals surface area contributed by atoms with Crippen LogP contribution in [0, 0.1) is 0 Å². The highest BCUT2D eigenvalue weighted by atomic mass is 16.5. The molecule has 3 heteroatoms. The first-order chi connectivity index (χ1) is 3.68. The van der Waals surface area contributed by atoms with E-state index in [2.05, 4.69) is 4.74 Å². The molecule has 0 amide bonds. The van der Waals surface area contributed by atoms with Crippen LogP contribution in [0.2, 0.25) is 0 Å². The Labute approximate surface area is 49.4 Å². The number of hydrogen-bond acceptors (Lipinski definition) is 3. The SMILES string of the molecule is COCC(N)[C@@H](C)O. The number of hydrogen-bond donors (Lipinski definition) is 2. The standard InChI is InChI=1S/C5H13NO2/c1-4(7)5(6)3-8-2/h4-5,7H,3,6H2,1-2H3/t4-,5?/m1/s1. The molecular formula is C5H13NO2. The smallest absolute Gasteiger partial charge is 0.0685 e. The van der Waals surface area contributed by atoms with Crippen LogP contribution in [0.1, 0.15) is 6.92 Å². The number of aliphatic hydroxyl groups excluding tert-OH is 1. The van der Waals surface area contributed by atoms with Gasteiger partial charge in [0.2, 0.25) is 0 Å². The van der Waals surface area contributed by atoms with Gasteiger partial charge in [0.25, 0.3) is 0 Å². The summed E-state index contributed by atoms with van der Waals surface area (Å²) in [6.45, 7) is 2.06. The van der Waals surface area contributed by atoms with Crippen molar-refractivity contribution in [2.24, 2.45) is 5.73 Å². The first-order valence-corrected chi connectivity index (χ1v) is 2.61. The highest BCUT2D eigenvalue weighted by molar-refractivity contribution is 4.64. The maximum absolute atomic E-state index is 8.75. The second-order valence-electron chi connectivity index (χ2n) is 1.86. The van der Waals surface area contributed by atoms with Crippen molar-refractivity contribution in [1.82, 2.24) is 0 Å². The molecule has 8 heavy (non-hydrogen) atoms. The van der Waals surface area contributed by atoms with Crippen LogP contribution in [0.3, 0.4) is 0 Å². The molecule has 0 saturated heterocycles. The Balaban J connectivity index is 3.17. The van der Waals surface area contributed by atoms with Crippen LogP contribution in [0.15, 0.2) is 0 Å². The van der Waals surface area contributed by atoms with Gasteiger partial charge in [0.1, 0.15) is 0 Å². The average molecular weight is 119 g/mol. The minimum absolute atomic E-state index is 0.250. The third-order valence-corrected chi connectivity index (χ3v) is 0.979. The van der Waals surface area contributed by atoms with Crippen LogP contribution in [-0.4, -0.2) is 31.0 Å². The Morgan fingerprint density at radius 1 is 1.75 bits per heavy atom. The van der Waals surface area contributed by atoms with Crippen molar-refractivity contribution in [2.75, 3.05) is 13.7 Å². The highest BCUT2D eigenvalue weighted by Gasteiger charge is 2.06. The molecule has 2 atom stereocenters. The molecular weight excluding hydrogens is 106 g/mol. The van der Waals surface area contributed by atoms with E-state index in [4.69, 9.17) is 10.8 Å². The summed E-state index contributed by atoms with van der Waals surface area (Å²) in [6.07, 6.45) is -0.477. The molecule has 0 aromatic heterocycles. The van der Waals surface area contributed by atoms with Gasteiger partial charge >= 0.3 is 0 Å². The topological polar surface area (TPSA) is 55.5 Å². The van der Waals surface area contributed by atoms with E-state index >= 15 is 0 Å². The molecule has 0 aromatic rings. The Kier molecular flexibility index (Phi) is 3.77. The largest absolute Gasteiger partial charge is 0.392 e. The molecule has 0 aromatic carbocycles. The summed E-state index contributed by atoms with van der Waals surface area (Å²) in [5, 5.41) is 8.75. The molecule has 3 nitrogen and oxygen atoms in total.